The van der Waals surface area contributed by atoms with Crippen molar-refractivity contribution in [1.82, 2.24) is 10.2 Å². The highest BCUT2D eigenvalue weighted by Crippen LogP contribution is 2.17. The summed E-state index contributed by atoms with van der Waals surface area (Å²) in [6.07, 6.45) is 1.35. The van der Waals surface area contributed by atoms with Crippen LogP contribution in [0.2, 0.25) is 0 Å². The largest absolute Gasteiger partial charge is 0.389 e. The van der Waals surface area contributed by atoms with E-state index in [4.69, 9.17) is 0 Å². The molecule has 0 saturated heterocycles. The number of fused-ring (bicyclic) bond motifs is 1. The molecule has 2 aromatic rings. The van der Waals surface area contributed by atoms with E-state index in [1.165, 1.54) is 0 Å². The minimum Gasteiger partial charge on any atom is -0.389 e. The van der Waals surface area contributed by atoms with Gasteiger partial charge in [-0.2, -0.15) is 5.10 Å². The van der Waals surface area contributed by atoms with Gasteiger partial charge in [0, 0.05) is 5.39 Å². The molecule has 0 radical (unpaired) electrons. The Balaban J connectivity index is 2.60. The molecule has 0 spiro atoms. The zero-order valence-corrected chi connectivity index (χ0v) is 6.78. The highest BCUT2D eigenvalue weighted by Gasteiger charge is 2.01. The Kier molecular flexibility index (Phi) is 1.59. The van der Waals surface area contributed by atoms with E-state index in [0.717, 1.165) is 16.5 Å². The number of hydrogen-bond donors (Lipinski definition) is 2. The first-order valence-corrected chi connectivity index (χ1v) is 3.88. The lowest BCUT2D eigenvalue weighted by Crippen LogP contribution is -1.89. The number of benzene rings is 1. The Labute approximate surface area is 70.0 Å². The van der Waals surface area contributed by atoms with E-state index in [1.807, 2.05) is 18.2 Å². The standard InChI is InChI=1S/C9H10N2O/c1-6(12)7-2-3-8-5-10-11-9(8)4-7/h2-6,12H,1H3,(H,10,11). The van der Waals surface area contributed by atoms with Crippen LogP contribution in [-0.2, 0) is 0 Å². The zero-order chi connectivity index (χ0) is 8.55. The van der Waals surface area contributed by atoms with Crippen LogP contribution in [0.4, 0.5) is 0 Å². The molecule has 0 aliphatic heterocycles. The lowest BCUT2D eigenvalue weighted by molar-refractivity contribution is 0.199. The SMILES string of the molecule is CC(O)c1ccc2cn[nH]c2c1. The van der Waals surface area contributed by atoms with Crippen molar-refractivity contribution in [3.8, 4) is 0 Å². The predicted octanol–water partition coefficient (Wildman–Crippen LogP) is 1.62. The van der Waals surface area contributed by atoms with E-state index < -0.39 is 6.10 Å². The van der Waals surface area contributed by atoms with E-state index in [2.05, 4.69) is 10.2 Å². The van der Waals surface area contributed by atoms with Crippen molar-refractivity contribution in [2.45, 2.75) is 13.0 Å². The third kappa shape index (κ3) is 1.08. The molecule has 62 valence electrons. The van der Waals surface area contributed by atoms with E-state index >= 15 is 0 Å². The highest BCUT2D eigenvalue weighted by molar-refractivity contribution is 5.78. The fraction of sp³-hybridized carbons (Fsp3) is 0.222. The van der Waals surface area contributed by atoms with E-state index in [0.29, 0.717) is 0 Å². The van der Waals surface area contributed by atoms with Crippen molar-refractivity contribution < 1.29 is 5.11 Å². The molecule has 0 saturated carbocycles. The van der Waals surface area contributed by atoms with Gasteiger partial charge in [-0.15, -0.1) is 0 Å². The molecule has 0 bridgehead atoms. The van der Waals surface area contributed by atoms with Crippen LogP contribution in [-0.4, -0.2) is 15.3 Å². The van der Waals surface area contributed by atoms with Gasteiger partial charge in [-0.05, 0) is 18.6 Å². The predicted molar refractivity (Wildman–Crippen MR) is 46.7 cm³/mol. The van der Waals surface area contributed by atoms with Gasteiger partial charge in [0.1, 0.15) is 0 Å². The van der Waals surface area contributed by atoms with Crippen molar-refractivity contribution in [2.75, 3.05) is 0 Å². The number of hydrogen-bond acceptors (Lipinski definition) is 2. The van der Waals surface area contributed by atoms with Gasteiger partial charge in [0.25, 0.3) is 0 Å². The van der Waals surface area contributed by atoms with Crippen molar-refractivity contribution in [1.29, 1.82) is 0 Å². The lowest BCUT2D eigenvalue weighted by Gasteiger charge is -2.02. The average molecular weight is 162 g/mol. The highest BCUT2D eigenvalue weighted by atomic mass is 16.3. The van der Waals surface area contributed by atoms with E-state index in [9.17, 15) is 5.11 Å². The van der Waals surface area contributed by atoms with Crippen molar-refractivity contribution in [3.05, 3.63) is 30.0 Å². The molecule has 1 heterocycles. The maximum Gasteiger partial charge on any atom is 0.0762 e. The Morgan fingerprint density at radius 2 is 2.33 bits per heavy atom. The molecule has 2 N–H and O–H groups in total. The summed E-state index contributed by atoms with van der Waals surface area (Å²) in [4.78, 5) is 0. The molecule has 0 aliphatic carbocycles. The maximum absolute atomic E-state index is 9.29. The van der Waals surface area contributed by atoms with Crippen LogP contribution in [0.1, 0.15) is 18.6 Å². The van der Waals surface area contributed by atoms with Gasteiger partial charge < -0.3 is 5.11 Å². The van der Waals surface area contributed by atoms with Gasteiger partial charge >= 0.3 is 0 Å². The summed E-state index contributed by atoms with van der Waals surface area (Å²) in [5.41, 5.74) is 1.88. The van der Waals surface area contributed by atoms with Crippen LogP contribution in [0.5, 0.6) is 0 Å². The van der Waals surface area contributed by atoms with Crippen molar-refractivity contribution >= 4 is 10.9 Å². The first kappa shape index (κ1) is 7.31. The normalized spacial score (nSPS) is 13.5. The number of H-pyrrole nitrogens is 1. The van der Waals surface area contributed by atoms with Gasteiger partial charge in [0.05, 0.1) is 17.8 Å². The Morgan fingerprint density at radius 3 is 3.08 bits per heavy atom. The summed E-state index contributed by atoms with van der Waals surface area (Å²) in [7, 11) is 0. The van der Waals surface area contributed by atoms with Crippen LogP contribution >= 0.6 is 0 Å². The summed E-state index contributed by atoms with van der Waals surface area (Å²) >= 11 is 0. The molecule has 12 heavy (non-hydrogen) atoms. The molecule has 1 aromatic heterocycles. The topological polar surface area (TPSA) is 48.9 Å². The number of nitrogens with one attached hydrogen (secondary N) is 1. The first-order chi connectivity index (χ1) is 5.77. The molecule has 3 heteroatoms. The fourth-order valence-corrected chi connectivity index (χ4v) is 1.21. The van der Waals surface area contributed by atoms with Crippen molar-refractivity contribution in [2.24, 2.45) is 0 Å². The fourth-order valence-electron chi connectivity index (χ4n) is 1.21. The van der Waals surface area contributed by atoms with Crippen LogP contribution in [0.15, 0.2) is 24.4 Å². The van der Waals surface area contributed by atoms with Crippen LogP contribution in [0.25, 0.3) is 10.9 Å². The third-order valence-electron chi connectivity index (χ3n) is 1.95. The molecule has 3 nitrogen and oxygen atoms in total. The number of rotatable bonds is 1. The second-order valence-electron chi connectivity index (χ2n) is 2.89. The van der Waals surface area contributed by atoms with E-state index in [-0.39, 0.29) is 0 Å². The number of aliphatic hydroxyl groups is 1. The third-order valence-corrected chi connectivity index (χ3v) is 1.95. The van der Waals surface area contributed by atoms with Crippen LogP contribution < -0.4 is 0 Å². The number of aromatic amines is 1. The smallest absolute Gasteiger partial charge is 0.0762 e. The van der Waals surface area contributed by atoms with Gasteiger partial charge in [-0.25, -0.2) is 0 Å². The molecule has 0 fully saturated rings. The number of aromatic nitrogens is 2. The van der Waals surface area contributed by atoms with Gasteiger partial charge in [-0.3, -0.25) is 5.10 Å². The average Bonchev–Trinajstić information content (AvgIpc) is 2.49. The molecular formula is C9H10N2O. The molecule has 0 aliphatic rings. The Hall–Kier alpha value is -1.35. The second-order valence-corrected chi connectivity index (χ2v) is 2.89. The van der Waals surface area contributed by atoms with Crippen LogP contribution in [0.3, 0.4) is 0 Å². The molecular weight excluding hydrogens is 152 g/mol. The summed E-state index contributed by atoms with van der Waals surface area (Å²) in [6, 6.07) is 5.76. The summed E-state index contributed by atoms with van der Waals surface area (Å²) < 4.78 is 0. The minimum absolute atomic E-state index is 0.419. The molecule has 2 rings (SSSR count). The Bertz CT molecular complexity index is 392. The number of aliphatic hydroxyl groups excluding tert-OH is 1. The van der Waals surface area contributed by atoms with Gasteiger partial charge in [0.15, 0.2) is 0 Å². The van der Waals surface area contributed by atoms with Crippen LogP contribution in [0, 0.1) is 0 Å². The minimum atomic E-state index is -0.419. The molecule has 1 aromatic carbocycles. The monoisotopic (exact) mass is 162 g/mol. The zero-order valence-electron chi connectivity index (χ0n) is 6.78. The molecule has 1 unspecified atom stereocenters. The number of nitrogens with zero attached hydrogens (tertiary/aromatic N) is 1. The quantitative estimate of drug-likeness (QED) is 0.669. The maximum atomic E-state index is 9.29. The Morgan fingerprint density at radius 1 is 1.50 bits per heavy atom. The summed E-state index contributed by atoms with van der Waals surface area (Å²) in [5, 5.41) is 17.1. The van der Waals surface area contributed by atoms with E-state index in [1.54, 1.807) is 13.1 Å². The lowest BCUT2D eigenvalue weighted by atomic mass is 10.1. The molecule has 0 amide bonds. The molecule has 1 atom stereocenters. The van der Waals surface area contributed by atoms with Gasteiger partial charge in [0.2, 0.25) is 0 Å². The first-order valence-electron chi connectivity index (χ1n) is 3.88. The second kappa shape index (κ2) is 2.60. The summed E-state index contributed by atoms with van der Waals surface area (Å²) in [6.45, 7) is 1.75. The van der Waals surface area contributed by atoms with Crippen molar-refractivity contribution in [3.63, 3.8) is 0 Å². The summed E-state index contributed by atoms with van der Waals surface area (Å²) in [5.74, 6) is 0. The van der Waals surface area contributed by atoms with Gasteiger partial charge in [-0.1, -0.05) is 12.1 Å².